The second kappa shape index (κ2) is 7.59. The molecule has 0 N–H and O–H groups in total. The minimum Gasteiger partial charge on any atom is -0.550 e. The molecule has 0 aliphatic rings. The Labute approximate surface area is 117 Å². The average molecular weight is 306 g/mol. The molecule has 0 fully saturated rings. The van der Waals surface area contributed by atoms with Gasteiger partial charge in [-0.2, -0.15) is 0 Å². The van der Waals surface area contributed by atoms with Crippen LogP contribution in [0.2, 0.25) is 0 Å². The van der Waals surface area contributed by atoms with Gasteiger partial charge in [0.2, 0.25) is 5.91 Å². The third-order valence-electron chi connectivity index (χ3n) is 1.74. The zero-order chi connectivity index (χ0) is 13.5. The fourth-order valence-electron chi connectivity index (χ4n) is 0.788. The minimum atomic E-state index is -1.07. The van der Waals surface area contributed by atoms with Crippen LogP contribution < -0.4 is 5.11 Å². The monoisotopic (exact) mass is 306 g/mol. The van der Waals surface area contributed by atoms with Crippen LogP contribution in [0.1, 0.15) is 6.42 Å². The van der Waals surface area contributed by atoms with E-state index in [2.05, 4.69) is 10.2 Å². The normalized spacial score (nSPS) is 10.3. The van der Waals surface area contributed by atoms with Gasteiger partial charge in [-0.15, -0.1) is 10.2 Å². The molecule has 0 saturated heterocycles. The van der Waals surface area contributed by atoms with E-state index in [-0.39, 0.29) is 12.3 Å². The lowest BCUT2D eigenvalue weighted by Gasteiger charge is -2.07. The highest BCUT2D eigenvalue weighted by atomic mass is 32.2. The van der Waals surface area contributed by atoms with Crippen LogP contribution in [0, 0.1) is 0 Å². The number of aromatic nitrogens is 2. The van der Waals surface area contributed by atoms with E-state index in [1.807, 2.05) is 0 Å². The molecule has 6 nitrogen and oxygen atoms in total. The largest absolute Gasteiger partial charge is 0.550 e. The first kappa shape index (κ1) is 15.3. The topological polar surface area (TPSA) is 86.2 Å². The van der Waals surface area contributed by atoms with E-state index >= 15 is 0 Å². The second-order valence-electron chi connectivity index (χ2n) is 3.38. The highest BCUT2D eigenvalue weighted by Gasteiger charge is 2.09. The van der Waals surface area contributed by atoms with Crippen LogP contribution in [0.25, 0.3) is 0 Å². The van der Waals surface area contributed by atoms with Crippen LogP contribution in [-0.4, -0.2) is 52.6 Å². The summed E-state index contributed by atoms with van der Waals surface area (Å²) in [6, 6.07) is 0. The first-order chi connectivity index (χ1) is 8.49. The lowest BCUT2D eigenvalue weighted by Crippen LogP contribution is -2.23. The Morgan fingerprint density at radius 1 is 1.28 bits per heavy atom. The van der Waals surface area contributed by atoms with Gasteiger partial charge >= 0.3 is 0 Å². The van der Waals surface area contributed by atoms with Crippen LogP contribution in [0.15, 0.2) is 8.68 Å². The first-order valence-corrected chi connectivity index (χ1v) is 7.77. The Bertz CT molecular complexity index is 422. The maximum atomic E-state index is 11.4. The van der Waals surface area contributed by atoms with Crippen molar-refractivity contribution in [3.8, 4) is 0 Å². The molecular weight excluding hydrogens is 294 g/mol. The van der Waals surface area contributed by atoms with E-state index < -0.39 is 5.97 Å². The molecule has 0 bridgehead atoms. The van der Waals surface area contributed by atoms with Gasteiger partial charge in [-0.25, -0.2) is 0 Å². The first-order valence-electron chi connectivity index (χ1n) is 4.98. The highest BCUT2D eigenvalue weighted by Crippen LogP contribution is 2.28. The van der Waals surface area contributed by atoms with Crippen molar-refractivity contribution in [2.75, 3.05) is 25.6 Å². The number of carboxylic acid groups (broad SMARTS) is 1. The van der Waals surface area contributed by atoms with Crippen molar-refractivity contribution in [3.05, 3.63) is 0 Å². The van der Waals surface area contributed by atoms with Gasteiger partial charge in [-0.3, -0.25) is 4.79 Å². The minimum absolute atomic E-state index is 0.00810. The third kappa shape index (κ3) is 5.69. The summed E-state index contributed by atoms with van der Waals surface area (Å²) >= 11 is 4.01. The van der Waals surface area contributed by atoms with E-state index in [9.17, 15) is 14.7 Å². The molecule has 18 heavy (non-hydrogen) atoms. The molecule has 0 unspecified atom stereocenters. The summed E-state index contributed by atoms with van der Waals surface area (Å²) in [5.41, 5.74) is 0. The van der Waals surface area contributed by atoms with Crippen LogP contribution in [0.4, 0.5) is 0 Å². The third-order valence-corrected chi connectivity index (χ3v) is 4.91. The molecule has 1 heterocycles. The predicted octanol–water partition coefficient (Wildman–Crippen LogP) is -0.0495. The van der Waals surface area contributed by atoms with Gasteiger partial charge in [-0.1, -0.05) is 34.9 Å². The van der Waals surface area contributed by atoms with Crippen LogP contribution in [0.5, 0.6) is 0 Å². The number of nitrogens with zero attached hydrogens (tertiary/aromatic N) is 3. The Morgan fingerprint density at radius 2 is 1.89 bits per heavy atom. The van der Waals surface area contributed by atoms with Crippen molar-refractivity contribution in [1.82, 2.24) is 15.1 Å². The van der Waals surface area contributed by atoms with Gasteiger partial charge in [0.1, 0.15) is 0 Å². The molecule has 0 aliphatic carbocycles. The standard InChI is InChI=1S/C9H13N3O3S3/c1-12(2)6(13)5-17-9-11-10-8(18-9)16-4-3-7(14)15/h3-5H2,1-2H3,(H,14,15)/p-1. The molecular formula is C9H12N3O3S3-. The van der Waals surface area contributed by atoms with Gasteiger partial charge < -0.3 is 14.8 Å². The van der Waals surface area contributed by atoms with E-state index in [1.165, 1.54) is 39.8 Å². The fraction of sp³-hybridized carbons (Fsp3) is 0.556. The Balaban J connectivity index is 2.34. The van der Waals surface area contributed by atoms with Gasteiger partial charge in [0.25, 0.3) is 0 Å². The summed E-state index contributed by atoms with van der Waals surface area (Å²) in [6.45, 7) is 0. The molecule has 0 aromatic carbocycles. The lowest BCUT2D eigenvalue weighted by atomic mass is 10.5. The molecule has 1 amide bonds. The van der Waals surface area contributed by atoms with E-state index in [4.69, 9.17) is 0 Å². The zero-order valence-corrected chi connectivity index (χ0v) is 12.4. The Morgan fingerprint density at radius 3 is 2.44 bits per heavy atom. The molecule has 100 valence electrons. The predicted molar refractivity (Wildman–Crippen MR) is 69.7 cm³/mol. The van der Waals surface area contributed by atoms with Crippen molar-refractivity contribution in [3.63, 3.8) is 0 Å². The molecule has 0 saturated carbocycles. The zero-order valence-electron chi connectivity index (χ0n) is 9.91. The highest BCUT2D eigenvalue weighted by molar-refractivity contribution is 8.03. The van der Waals surface area contributed by atoms with Gasteiger partial charge in [0.05, 0.1) is 5.75 Å². The summed E-state index contributed by atoms with van der Waals surface area (Å²) < 4.78 is 1.41. The molecule has 1 aromatic rings. The van der Waals surface area contributed by atoms with E-state index in [1.54, 1.807) is 14.1 Å². The van der Waals surface area contributed by atoms with Crippen molar-refractivity contribution >= 4 is 46.7 Å². The number of hydrogen-bond donors (Lipinski definition) is 0. The number of rotatable bonds is 7. The number of carboxylic acids is 1. The molecule has 1 aromatic heterocycles. The number of thioether (sulfide) groups is 2. The summed E-state index contributed by atoms with van der Waals surface area (Å²) in [7, 11) is 3.40. The number of carbonyl (C=O) groups excluding carboxylic acids is 2. The molecule has 0 radical (unpaired) electrons. The average Bonchev–Trinajstić information content (AvgIpc) is 2.73. The fourth-order valence-corrected chi connectivity index (χ4v) is 3.78. The SMILES string of the molecule is CN(C)C(=O)CSc1nnc(SCCC(=O)[O-])s1. The summed E-state index contributed by atoms with van der Waals surface area (Å²) in [4.78, 5) is 23.1. The smallest absolute Gasteiger partial charge is 0.232 e. The molecule has 0 spiro atoms. The maximum Gasteiger partial charge on any atom is 0.232 e. The lowest BCUT2D eigenvalue weighted by molar-refractivity contribution is -0.305. The number of aliphatic carboxylic acids is 1. The summed E-state index contributed by atoms with van der Waals surface area (Å²) in [5, 5.41) is 18.1. The summed E-state index contributed by atoms with van der Waals surface area (Å²) in [5.74, 6) is -0.316. The van der Waals surface area contributed by atoms with Crippen LogP contribution in [-0.2, 0) is 9.59 Å². The molecule has 0 atom stereocenters. The Hall–Kier alpha value is -0.800. The van der Waals surface area contributed by atoms with Crippen molar-refractivity contribution in [2.45, 2.75) is 15.1 Å². The molecule has 1 rings (SSSR count). The molecule has 0 aliphatic heterocycles. The van der Waals surface area contributed by atoms with Crippen molar-refractivity contribution < 1.29 is 14.7 Å². The molecule has 9 heteroatoms. The van der Waals surface area contributed by atoms with E-state index in [0.29, 0.717) is 20.2 Å². The number of hydrogen-bond acceptors (Lipinski definition) is 8. The maximum absolute atomic E-state index is 11.4. The van der Waals surface area contributed by atoms with Gasteiger partial charge in [-0.05, 0) is 6.42 Å². The quantitative estimate of drug-likeness (QED) is 0.653. The second-order valence-corrected chi connectivity index (χ2v) is 6.92. The summed E-state index contributed by atoms with van der Waals surface area (Å²) in [6.07, 6.45) is -0.00810. The Kier molecular flexibility index (Phi) is 6.44. The van der Waals surface area contributed by atoms with E-state index in [0.717, 1.165) is 0 Å². The van der Waals surface area contributed by atoms with Gasteiger partial charge in [0, 0.05) is 25.8 Å². The van der Waals surface area contributed by atoms with Crippen molar-refractivity contribution in [2.24, 2.45) is 0 Å². The number of amides is 1. The van der Waals surface area contributed by atoms with Crippen LogP contribution >= 0.6 is 34.9 Å². The van der Waals surface area contributed by atoms with Gasteiger partial charge in [0.15, 0.2) is 8.68 Å². The number of carbonyl (C=O) groups is 2. The van der Waals surface area contributed by atoms with Crippen molar-refractivity contribution in [1.29, 1.82) is 0 Å². The van der Waals surface area contributed by atoms with Crippen LogP contribution in [0.3, 0.4) is 0 Å².